The molecule has 0 N–H and O–H groups in total. The van der Waals surface area contributed by atoms with Crippen LogP contribution < -0.4 is 9.64 Å². The van der Waals surface area contributed by atoms with E-state index >= 15 is 0 Å². The molecule has 1 heterocycles. The molecule has 9 heteroatoms. The van der Waals surface area contributed by atoms with E-state index in [9.17, 15) is 18.5 Å². The minimum Gasteiger partial charge on any atom is -0.463 e. The summed E-state index contributed by atoms with van der Waals surface area (Å²) in [7, 11) is -2.18. The molecule has 0 saturated heterocycles. The number of likely N-dealkylation sites (N-methyl/N-ethyl adjacent to an activating group) is 1. The van der Waals surface area contributed by atoms with E-state index < -0.39 is 21.6 Å². The van der Waals surface area contributed by atoms with Gasteiger partial charge in [0.2, 0.25) is 10.0 Å². The number of nitriles is 1. The smallest absolute Gasteiger partial charge is 0.334 e. The molecule has 1 aromatic carbocycles. The van der Waals surface area contributed by atoms with E-state index in [-0.39, 0.29) is 27.8 Å². The van der Waals surface area contributed by atoms with Gasteiger partial charge in [-0.15, -0.1) is 0 Å². The van der Waals surface area contributed by atoms with Crippen molar-refractivity contribution in [3.8, 4) is 11.8 Å². The van der Waals surface area contributed by atoms with E-state index in [1.165, 1.54) is 10.4 Å². The first kappa shape index (κ1) is 25.5. The van der Waals surface area contributed by atoms with Crippen molar-refractivity contribution in [2.45, 2.75) is 88.3 Å². The molecular formula is C26H35N3O5S. The third kappa shape index (κ3) is 4.78. The van der Waals surface area contributed by atoms with Crippen molar-refractivity contribution < 1.29 is 22.7 Å². The maximum absolute atomic E-state index is 13.7. The highest BCUT2D eigenvalue weighted by atomic mass is 32.2. The average molecular weight is 502 g/mol. The van der Waals surface area contributed by atoms with Gasteiger partial charge in [-0.1, -0.05) is 19.8 Å². The largest absolute Gasteiger partial charge is 0.463 e. The summed E-state index contributed by atoms with van der Waals surface area (Å²) in [5.74, 6) is 0.223. The summed E-state index contributed by atoms with van der Waals surface area (Å²) in [6.45, 7) is 7.98. The Morgan fingerprint density at radius 3 is 2.51 bits per heavy atom. The van der Waals surface area contributed by atoms with Crippen molar-refractivity contribution in [3.05, 3.63) is 30.0 Å². The van der Waals surface area contributed by atoms with Crippen LogP contribution in [0.2, 0.25) is 0 Å². The van der Waals surface area contributed by atoms with Crippen LogP contribution in [0.3, 0.4) is 0 Å². The molecule has 0 spiro atoms. The van der Waals surface area contributed by atoms with Crippen LogP contribution in [0.4, 0.5) is 5.69 Å². The predicted octanol–water partition coefficient (Wildman–Crippen LogP) is 4.34. The van der Waals surface area contributed by atoms with Gasteiger partial charge in [0.25, 0.3) is 0 Å². The zero-order chi connectivity index (χ0) is 25.6. The zero-order valence-corrected chi connectivity index (χ0v) is 22.0. The van der Waals surface area contributed by atoms with Crippen LogP contribution >= 0.6 is 0 Å². The number of hydrogen-bond acceptors (Lipinski definition) is 7. The van der Waals surface area contributed by atoms with Crippen LogP contribution in [-0.4, -0.2) is 49.5 Å². The van der Waals surface area contributed by atoms with Crippen molar-refractivity contribution in [1.82, 2.24) is 4.31 Å². The Kier molecular flexibility index (Phi) is 6.66. The second kappa shape index (κ2) is 9.14. The summed E-state index contributed by atoms with van der Waals surface area (Å²) in [6.07, 6.45) is 8.16. The highest BCUT2D eigenvalue weighted by Crippen LogP contribution is 2.62. The first-order valence-corrected chi connectivity index (χ1v) is 13.7. The number of carbonyl (C=O) groups is 1. The molecule has 4 aliphatic rings. The summed E-state index contributed by atoms with van der Waals surface area (Å²) < 4.78 is 39.8. The van der Waals surface area contributed by atoms with Crippen molar-refractivity contribution in [2.24, 2.45) is 5.92 Å². The quantitative estimate of drug-likeness (QED) is 0.311. The molecule has 2 bridgehead atoms. The summed E-state index contributed by atoms with van der Waals surface area (Å²) >= 11 is 0. The fourth-order valence-corrected chi connectivity index (χ4v) is 6.92. The highest BCUT2D eigenvalue weighted by molar-refractivity contribution is 7.89. The molecule has 3 fully saturated rings. The van der Waals surface area contributed by atoms with Crippen molar-refractivity contribution >= 4 is 21.7 Å². The number of ether oxygens (including phenoxy) is 2. The third-order valence-corrected chi connectivity index (χ3v) is 9.25. The Labute approximate surface area is 208 Å². The molecule has 1 aliphatic heterocycles. The fourth-order valence-electron chi connectivity index (χ4n) is 5.35. The Hall–Kier alpha value is -2.57. The summed E-state index contributed by atoms with van der Waals surface area (Å²) in [5.41, 5.74) is 0.130. The van der Waals surface area contributed by atoms with Crippen molar-refractivity contribution in [3.63, 3.8) is 0 Å². The second-order valence-corrected chi connectivity index (χ2v) is 13.0. The van der Waals surface area contributed by atoms with Crippen molar-refractivity contribution in [2.75, 3.05) is 18.5 Å². The number of rotatable bonds is 7. The lowest BCUT2D eigenvalue weighted by Gasteiger charge is -2.67. The second-order valence-electron chi connectivity index (χ2n) is 11.0. The molecule has 190 valence electrons. The minimum atomic E-state index is -3.82. The van der Waals surface area contributed by atoms with Crippen LogP contribution in [0, 0.1) is 17.2 Å². The molecule has 0 amide bonds. The number of unbranched alkanes of at least 4 members (excludes halogenated alkanes) is 1. The molecular weight excluding hydrogens is 466 g/mol. The number of fused-ring (bicyclic) bond motifs is 1. The topological polar surface area (TPSA) is 99.9 Å². The van der Waals surface area contributed by atoms with E-state index in [1.54, 1.807) is 33.9 Å². The maximum atomic E-state index is 13.7. The summed E-state index contributed by atoms with van der Waals surface area (Å²) in [5, 5.41) is 9.85. The summed E-state index contributed by atoms with van der Waals surface area (Å²) in [4.78, 5) is 14.4. The van der Waals surface area contributed by atoms with E-state index in [0.717, 1.165) is 56.8 Å². The van der Waals surface area contributed by atoms with Gasteiger partial charge in [0, 0.05) is 31.2 Å². The first-order chi connectivity index (χ1) is 16.4. The van der Waals surface area contributed by atoms with E-state index in [4.69, 9.17) is 9.47 Å². The van der Waals surface area contributed by atoms with E-state index in [2.05, 4.69) is 17.9 Å². The van der Waals surface area contributed by atoms with Gasteiger partial charge < -0.3 is 14.4 Å². The standard InChI is InChI=1S/C26H35N3O5S/c1-6-7-8-20-17-29(26-13-18(14-26)15-26)21-11-19(16-27)22(12-23(21)35(31,32)28(20)5)33-10-9-24(30)34-25(2,3)4/h9-12,18,20H,6-8,13-15,17H2,1-5H3/b10-9+/t18?,20-,26?/m1/s1. The number of benzene rings is 1. The van der Waals surface area contributed by atoms with Gasteiger partial charge in [-0.2, -0.15) is 9.57 Å². The molecule has 0 aromatic heterocycles. The number of anilines is 1. The van der Waals surface area contributed by atoms with Crippen molar-refractivity contribution in [1.29, 1.82) is 5.26 Å². The fraction of sp³-hybridized carbons (Fsp3) is 0.615. The molecule has 1 aromatic rings. The molecule has 0 unspecified atom stereocenters. The molecule has 0 radical (unpaired) electrons. The van der Waals surface area contributed by atoms with Crippen LogP contribution in [0.5, 0.6) is 5.75 Å². The van der Waals surface area contributed by atoms with E-state index in [0.29, 0.717) is 12.2 Å². The molecule has 3 aliphatic carbocycles. The zero-order valence-electron chi connectivity index (χ0n) is 21.2. The third-order valence-electron chi connectivity index (χ3n) is 7.31. The molecule has 3 saturated carbocycles. The maximum Gasteiger partial charge on any atom is 0.334 e. The van der Waals surface area contributed by atoms with Gasteiger partial charge in [0.05, 0.1) is 23.6 Å². The minimum absolute atomic E-state index is 0.0176. The number of nitrogens with zero attached hydrogens (tertiary/aromatic N) is 3. The van der Waals surface area contributed by atoms with Crippen LogP contribution in [0.1, 0.15) is 71.8 Å². The lowest BCUT2D eigenvalue weighted by atomic mass is 9.49. The Morgan fingerprint density at radius 1 is 1.29 bits per heavy atom. The molecule has 8 nitrogen and oxygen atoms in total. The Balaban J connectivity index is 1.72. The highest BCUT2D eigenvalue weighted by Gasteiger charge is 2.61. The number of esters is 1. The monoisotopic (exact) mass is 501 g/mol. The van der Waals surface area contributed by atoms with Crippen LogP contribution in [0.25, 0.3) is 0 Å². The van der Waals surface area contributed by atoms with Crippen LogP contribution in [0.15, 0.2) is 29.4 Å². The lowest BCUT2D eigenvalue weighted by molar-refractivity contribution is -0.148. The number of carbonyl (C=O) groups excluding carboxylic acids is 1. The molecule has 1 atom stereocenters. The van der Waals surface area contributed by atoms with Gasteiger partial charge in [0.1, 0.15) is 22.3 Å². The predicted molar refractivity (Wildman–Crippen MR) is 132 cm³/mol. The van der Waals surface area contributed by atoms with Crippen LogP contribution in [-0.2, 0) is 19.6 Å². The normalized spacial score (nSPS) is 27.3. The van der Waals surface area contributed by atoms with E-state index in [1.807, 2.05) is 0 Å². The van der Waals surface area contributed by atoms with Gasteiger partial charge in [-0.25, -0.2) is 13.2 Å². The lowest BCUT2D eigenvalue weighted by Crippen LogP contribution is -2.69. The van der Waals surface area contributed by atoms with Gasteiger partial charge >= 0.3 is 5.97 Å². The molecule has 35 heavy (non-hydrogen) atoms. The SMILES string of the molecule is CCCC[C@@H]1CN(C23CC(C2)C3)c2cc(C#N)c(O/C=C/C(=O)OC(C)(C)C)cc2S(=O)(=O)N1C. The Morgan fingerprint density at radius 2 is 1.97 bits per heavy atom. The Bertz CT molecular complexity index is 1160. The summed E-state index contributed by atoms with van der Waals surface area (Å²) in [6, 6.07) is 5.06. The van der Waals surface area contributed by atoms with Gasteiger partial charge in [-0.05, 0) is 58.4 Å². The van der Waals surface area contributed by atoms with Gasteiger partial charge in [-0.3, -0.25) is 0 Å². The van der Waals surface area contributed by atoms with Gasteiger partial charge in [0.15, 0.2) is 0 Å². The first-order valence-electron chi connectivity index (χ1n) is 12.3. The number of hydrogen-bond donors (Lipinski definition) is 0. The average Bonchev–Trinajstić information content (AvgIpc) is 2.77. The number of sulfonamides is 1. The molecule has 5 rings (SSSR count).